The lowest BCUT2D eigenvalue weighted by Gasteiger charge is -2.10. The molecule has 0 saturated heterocycles. The Labute approximate surface area is 122 Å². The summed E-state index contributed by atoms with van der Waals surface area (Å²) in [6.45, 7) is 0. The van der Waals surface area contributed by atoms with Crippen molar-refractivity contribution < 1.29 is 23.1 Å². The summed E-state index contributed by atoms with van der Waals surface area (Å²) in [6, 6.07) is 11.7. The van der Waals surface area contributed by atoms with Gasteiger partial charge in [-0.05, 0) is 36.4 Å². The van der Waals surface area contributed by atoms with Crippen LogP contribution in [0.4, 0.5) is 5.69 Å². The van der Waals surface area contributed by atoms with Gasteiger partial charge in [-0.15, -0.1) is 0 Å². The van der Waals surface area contributed by atoms with Gasteiger partial charge >= 0.3 is 5.97 Å². The number of hydrogen-bond donors (Lipinski definition) is 2. The van der Waals surface area contributed by atoms with Crippen LogP contribution < -0.4 is 9.46 Å². The van der Waals surface area contributed by atoms with E-state index in [0.717, 1.165) is 0 Å². The molecule has 7 heteroatoms. The van der Waals surface area contributed by atoms with Gasteiger partial charge in [0.2, 0.25) is 0 Å². The first kappa shape index (κ1) is 14.9. The molecule has 0 aromatic heterocycles. The molecule has 0 bridgehead atoms. The number of benzene rings is 2. The predicted molar refractivity (Wildman–Crippen MR) is 77.2 cm³/mol. The zero-order valence-corrected chi connectivity index (χ0v) is 11.9. The number of sulfonamides is 1. The van der Waals surface area contributed by atoms with Crippen molar-refractivity contribution in [2.24, 2.45) is 0 Å². The van der Waals surface area contributed by atoms with Gasteiger partial charge in [-0.25, -0.2) is 13.2 Å². The molecule has 21 heavy (non-hydrogen) atoms. The summed E-state index contributed by atoms with van der Waals surface area (Å²) in [6.07, 6.45) is 0. The van der Waals surface area contributed by atoms with E-state index in [1.54, 1.807) is 12.1 Å². The second kappa shape index (κ2) is 5.84. The first-order chi connectivity index (χ1) is 9.94. The molecule has 2 aromatic carbocycles. The first-order valence-electron chi connectivity index (χ1n) is 5.93. The Morgan fingerprint density at radius 2 is 1.71 bits per heavy atom. The van der Waals surface area contributed by atoms with Crippen LogP contribution in [0.1, 0.15) is 10.4 Å². The molecule has 0 saturated carbocycles. The second-order valence-corrected chi connectivity index (χ2v) is 5.79. The number of aromatic carboxylic acids is 1. The molecular weight excluding hydrogens is 294 g/mol. The summed E-state index contributed by atoms with van der Waals surface area (Å²) in [5.74, 6) is -0.713. The topological polar surface area (TPSA) is 92.7 Å². The maximum absolute atomic E-state index is 12.3. The summed E-state index contributed by atoms with van der Waals surface area (Å²) in [4.78, 5) is 10.8. The summed E-state index contributed by atoms with van der Waals surface area (Å²) < 4.78 is 31.9. The standard InChI is InChI=1S/C14H13NO5S/c1-20-11-8-6-10(7-9-11)15-21(18,19)13-5-3-2-4-12(13)14(16)17/h2-9,15H,1H3,(H,16,17). The minimum atomic E-state index is -3.98. The number of anilines is 1. The third kappa shape index (κ3) is 3.32. The van der Waals surface area contributed by atoms with E-state index in [2.05, 4.69) is 4.72 Å². The molecule has 0 aliphatic rings. The Kier molecular flexibility index (Phi) is 4.13. The largest absolute Gasteiger partial charge is 0.497 e. The molecule has 0 unspecified atom stereocenters. The summed E-state index contributed by atoms with van der Waals surface area (Å²) in [5.41, 5.74) is 0.0366. The van der Waals surface area contributed by atoms with E-state index in [-0.39, 0.29) is 10.5 Å². The van der Waals surface area contributed by atoms with Gasteiger partial charge in [-0.3, -0.25) is 4.72 Å². The highest BCUT2D eigenvalue weighted by Gasteiger charge is 2.21. The normalized spacial score (nSPS) is 10.9. The van der Waals surface area contributed by atoms with Crippen molar-refractivity contribution in [2.45, 2.75) is 4.90 Å². The average Bonchev–Trinajstić information content (AvgIpc) is 2.47. The van der Waals surface area contributed by atoms with Gasteiger partial charge in [0.05, 0.1) is 12.7 Å². The van der Waals surface area contributed by atoms with E-state index >= 15 is 0 Å². The molecule has 110 valence electrons. The quantitative estimate of drug-likeness (QED) is 0.883. The Bertz CT molecular complexity index is 753. The summed E-state index contributed by atoms with van der Waals surface area (Å²) in [7, 11) is -2.48. The SMILES string of the molecule is COc1ccc(NS(=O)(=O)c2ccccc2C(=O)O)cc1. The lowest BCUT2D eigenvalue weighted by molar-refractivity contribution is 0.0692. The van der Waals surface area contributed by atoms with Crippen molar-refractivity contribution in [3.05, 3.63) is 54.1 Å². The van der Waals surface area contributed by atoms with Gasteiger partial charge in [0.15, 0.2) is 0 Å². The predicted octanol–water partition coefficient (Wildman–Crippen LogP) is 2.19. The van der Waals surface area contributed by atoms with Crippen LogP contribution in [-0.4, -0.2) is 26.6 Å². The molecule has 2 rings (SSSR count). The smallest absolute Gasteiger partial charge is 0.337 e. The summed E-state index contributed by atoms with van der Waals surface area (Å²) >= 11 is 0. The third-order valence-corrected chi connectivity index (χ3v) is 4.19. The molecule has 0 heterocycles. The van der Waals surface area contributed by atoms with Crippen LogP contribution in [0.2, 0.25) is 0 Å². The Morgan fingerprint density at radius 3 is 2.29 bits per heavy atom. The van der Waals surface area contributed by atoms with Crippen LogP contribution in [0.25, 0.3) is 0 Å². The number of carboxylic acids is 1. The molecule has 6 nitrogen and oxygen atoms in total. The molecule has 2 aromatic rings. The monoisotopic (exact) mass is 307 g/mol. The van der Waals surface area contributed by atoms with Crippen molar-refractivity contribution in [1.82, 2.24) is 0 Å². The molecule has 0 aliphatic carbocycles. The van der Waals surface area contributed by atoms with Crippen LogP contribution in [-0.2, 0) is 10.0 Å². The van der Waals surface area contributed by atoms with E-state index in [1.807, 2.05) is 0 Å². The minimum Gasteiger partial charge on any atom is -0.497 e. The molecule has 0 radical (unpaired) electrons. The van der Waals surface area contributed by atoms with Gasteiger partial charge in [0, 0.05) is 5.69 Å². The van der Waals surface area contributed by atoms with Gasteiger partial charge in [0.1, 0.15) is 10.6 Å². The molecule has 0 spiro atoms. The fraction of sp³-hybridized carbons (Fsp3) is 0.0714. The maximum Gasteiger partial charge on any atom is 0.337 e. The number of methoxy groups -OCH3 is 1. The number of ether oxygens (including phenoxy) is 1. The highest BCUT2D eigenvalue weighted by atomic mass is 32.2. The Morgan fingerprint density at radius 1 is 1.10 bits per heavy atom. The van der Waals surface area contributed by atoms with E-state index in [4.69, 9.17) is 9.84 Å². The van der Waals surface area contributed by atoms with Crippen LogP contribution in [0.15, 0.2) is 53.4 Å². The fourth-order valence-corrected chi connectivity index (χ4v) is 3.01. The van der Waals surface area contributed by atoms with Crippen LogP contribution in [0.5, 0.6) is 5.75 Å². The Hall–Kier alpha value is -2.54. The summed E-state index contributed by atoms with van der Waals surface area (Å²) in [5, 5.41) is 9.05. The average molecular weight is 307 g/mol. The number of rotatable bonds is 5. The van der Waals surface area contributed by atoms with Crippen molar-refractivity contribution in [3.63, 3.8) is 0 Å². The van der Waals surface area contributed by atoms with Crippen LogP contribution in [0.3, 0.4) is 0 Å². The molecule has 0 atom stereocenters. The maximum atomic E-state index is 12.3. The zero-order valence-electron chi connectivity index (χ0n) is 11.1. The second-order valence-electron chi connectivity index (χ2n) is 4.14. The minimum absolute atomic E-state index is 0.279. The number of carbonyl (C=O) groups is 1. The van der Waals surface area contributed by atoms with E-state index in [0.29, 0.717) is 11.4 Å². The van der Waals surface area contributed by atoms with Gasteiger partial charge in [-0.2, -0.15) is 0 Å². The van der Waals surface area contributed by atoms with Crippen molar-refractivity contribution in [2.75, 3.05) is 11.8 Å². The number of carboxylic acid groups (broad SMARTS) is 1. The lowest BCUT2D eigenvalue weighted by atomic mass is 10.2. The van der Waals surface area contributed by atoms with E-state index < -0.39 is 16.0 Å². The Balaban J connectivity index is 2.36. The van der Waals surface area contributed by atoms with Gasteiger partial charge in [0.25, 0.3) is 10.0 Å². The van der Waals surface area contributed by atoms with Crippen molar-refractivity contribution >= 4 is 21.7 Å². The molecular formula is C14H13NO5S. The third-order valence-electron chi connectivity index (χ3n) is 2.75. The zero-order chi connectivity index (χ0) is 15.5. The van der Waals surface area contributed by atoms with Gasteiger partial charge in [-0.1, -0.05) is 12.1 Å². The lowest BCUT2D eigenvalue weighted by Crippen LogP contribution is -2.16. The van der Waals surface area contributed by atoms with E-state index in [9.17, 15) is 13.2 Å². The van der Waals surface area contributed by atoms with Crippen LogP contribution in [0, 0.1) is 0 Å². The molecule has 0 amide bonds. The highest BCUT2D eigenvalue weighted by molar-refractivity contribution is 7.92. The molecule has 0 aliphatic heterocycles. The van der Waals surface area contributed by atoms with Crippen LogP contribution >= 0.6 is 0 Å². The van der Waals surface area contributed by atoms with E-state index in [1.165, 1.54) is 43.5 Å². The van der Waals surface area contributed by atoms with Crippen molar-refractivity contribution in [1.29, 1.82) is 0 Å². The van der Waals surface area contributed by atoms with Gasteiger partial charge < -0.3 is 9.84 Å². The number of hydrogen-bond acceptors (Lipinski definition) is 4. The van der Waals surface area contributed by atoms with Crippen molar-refractivity contribution in [3.8, 4) is 5.75 Å². The fourth-order valence-electron chi connectivity index (χ4n) is 1.75. The first-order valence-corrected chi connectivity index (χ1v) is 7.41. The molecule has 2 N–H and O–H groups in total. The number of nitrogens with one attached hydrogen (secondary N) is 1. The molecule has 0 fully saturated rings. The highest BCUT2D eigenvalue weighted by Crippen LogP contribution is 2.21.